The SMILES string of the molecule is Nn1c(SCC(=O)Nc2ccc(Cl)cc2F)nnc1-c1cccs1. The Morgan fingerprint density at radius 2 is 2.25 bits per heavy atom. The van der Waals surface area contributed by atoms with Gasteiger partial charge in [0.05, 0.1) is 16.3 Å². The predicted molar refractivity (Wildman–Crippen MR) is 94.2 cm³/mol. The quantitative estimate of drug-likeness (QED) is 0.521. The van der Waals surface area contributed by atoms with Crippen molar-refractivity contribution in [1.29, 1.82) is 0 Å². The standard InChI is InChI=1S/C14H11ClFN5OS2/c15-8-3-4-10(9(16)6-8)18-12(22)7-24-14-20-19-13(21(14)17)11-2-1-5-23-11/h1-6H,7,17H2,(H,18,22). The minimum absolute atomic E-state index is 0.0157. The molecule has 2 aromatic heterocycles. The molecule has 3 N–H and O–H groups in total. The third kappa shape index (κ3) is 3.69. The number of halogens is 2. The molecule has 0 bridgehead atoms. The van der Waals surface area contributed by atoms with Gasteiger partial charge in [-0.3, -0.25) is 4.79 Å². The summed E-state index contributed by atoms with van der Waals surface area (Å²) in [5.41, 5.74) is 0.0680. The van der Waals surface area contributed by atoms with Crippen molar-refractivity contribution < 1.29 is 9.18 Å². The molecular weight excluding hydrogens is 373 g/mol. The predicted octanol–water partition coefficient (Wildman–Crippen LogP) is 3.24. The van der Waals surface area contributed by atoms with Gasteiger partial charge in [0.25, 0.3) is 0 Å². The van der Waals surface area contributed by atoms with E-state index in [9.17, 15) is 9.18 Å². The number of hydrogen-bond donors (Lipinski definition) is 2. The Kier molecular flexibility index (Phi) is 5.03. The van der Waals surface area contributed by atoms with Gasteiger partial charge in [0.15, 0.2) is 5.82 Å². The third-order valence-electron chi connectivity index (χ3n) is 2.94. The summed E-state index contributed by atoms with van der Waals surface area (Å²) in [6.45, 7) is 0. The fourth-order valence-corrected chi connectivity index (χ4v) is 3.38. The van der Waals surface area contributed by atoms with Gasteiger partial charge < -0.3 is 11.2 Å². The number of thioether (sulfide) groups is 1. The van der Waals surface area contributed by atoms with Crippen molar-refractivity contribution in [3.63, 3.8) is 0 Å². The van der Waals surface area contributed by atoms with Gasteiger partial charge in [-0.1, -0.05) is 29.4 Å². The third-order valence-corrected chi connectivity index (χ3v) is 4.99. The maximum atomic E-state index is 13.6. The summed E-state index contributed by atoms with van der Waals surface area (Å²) in [5, 5.41) is 13.0. The van der Waals surface area contributed by atoms with Crippen LogP contribution in [0, 0.1) is 5.82 Å². The molecule has 1 aromatic carbocycles. The number of amides is 1. The van der Waals surface area contributed by atoms with Crippen LogP contribution in [0.3, 0.4) is 0 Å². The van der Waals surface area contributed by atoms with Crippen molar-refractivity contribution in [1.82, 2.24) is 14.9 Å². The fraction of sp³-hybridized carbons (Fsp3) is 0.0714. The van der Waals surface area contributed by atoms with E-state index in [0.29, 0.717) is 11.0 Å². The summed E-state index contributed by atoms with van der Waals surface area (Å²) in [5.74, 6) is 5.50. The number of nitrogens with one attached hydrogen (secondary N) is 1. The Morgan fingerprint density at radius 1 is 1.42 bits per heavy atom. The van der Waals surface area contributed by atoms with Crippen LogP contribution in [0.4, 0.5) is 10.1 Å². The second kappa shape index (κ2) is 7.20. The van der Waals surface area contributed by atoms with Crippen LogP contribution in [0.25, 0.3) is 10.7 Å². The fourth-order valence-electron chi connectivity index (χ4n) is 1.86. The molecule has 124 valence electrons. The molecule has 0 aliphatic heterocycles. The van der Waals surface area contributed by atoms with E-state index >= 15 is 0 Å². The van der Waals surface area contributed by atoms with Gasteiger partial charge in [0.1, 0.15) is 5.82 Å². The zero-order valence-electron chi connectivity index (χ0n) is 12.1. The van der Waals surface area contributed by atoms with E-state index in [1.807, 2.05) is 17.5 Å². The summed E-state index contributed by atoms with van der Waals surface area (Å²) in [6, 6.07) is 7.80. The molecule has 0 aliphatic rings. The smallest absolute Gasteiger partial charge is 0.234 e. The number of carbonyl (C=O) groups is 1. The normalized spacial score (nSPS) is 10.8. The highest BCUT2D eigenvalue weighted by atomic mass is 35.5. The van der Waals surface area contributed by atoms with E-state index in [2.05, 4.69) is 15.5 Å². The van der Waals surface area contributed by atoms with Crippen LogP contribution in [-0.2, 0) is 4.79 Å². The molecular formula is C14H11ClFN5OS2. The minimum atomic E-state index is -0.595. The summed E-state index contributed by atoms with van der Waals surface area (Å²) >= 11 is 8.27. The molecule has 0 radical (unpaired) electrons. The monoisotopic (exact) mass is 383 g/mol. The molecule has 10 heteroatoms. The number of nitrogens with two attached hydrogens (primary N) is 1. The maximum Gasteiger partial charge on any atom is 0.234 e. The first kappa shape index (κ1) is 16.7. The second-order valence-electron chi connectivity index (χ2n) is 4.61. The molecule has 6 nitrogen and oxygen atoms in total. The zero-order chi connectivity index (χ0) is 17.1. The number of hydrogen-bond acceptors (Lipinski definition) is 6. The summed E-state index contributed by atoms with van der Waals surface area (Å²) in [7, 11) is 0. The Morgan fingerprint density at radius 3 is 2.96 bits per heavy atom. The Bertz CT molecular complexity index is 868. The summed E-state index contributed by atoms with van der Waals surface area (Å²) < 4.78 is 15.0. The number of nitrogen functional groups attached to an aromatic ring is 1. The van der Waals surface area contributed by atoms with Crippen LogP contribution in [0.1, 0.15) is 0 Å². The minimum Gasteiger partial charge on any atom is -0.335 e. The summed E-state index contributed by atoms with van der Waals surface area (Å²) in [4.78, 5) is 12.8. The molecule has 0 aliphatic carbocycles. The Balaban J connectivity index is 1.62. The number of carbonyl (C=O) groups excluding carboxylic acids is 1. The summed E-state index contributed by atoms with van der Waals surface area (Å²) in [6.07, 6.45) is 0. The van der Waals surface area contributed by atoms with Crippen molar-refractivity contribution in [2.24, 2.45) is 0 Å². The number of rotatable bonds is 5. The van der Waals surface area contributed by atoms with E-state index in [4.69, 9.17) is 17.4 Å². The Labute approximate surface area is 149 Å². The molecule has 2 heterocycles. The van der Waals surface area contributed by atoms with Crippen LogP contribution >= 0.6 is 34.7 Å². The van der Waals surface area contributed by atoms with Gasteiger partial charge in [-0.2, -0.15) is 0 Å². The zero-order valence-corrected chi connectivity index (χ0v) is 14.5. The first-order valence-corrected chi connectivity index (χ1v) is 8.91. The van der Waals surface area contributed by atoms with Crippen LogP contribution in [0.2, 0.25) is 5.02 Å². The van der Waals surface area contributed by atoms with E-state index in [1.165, 1.54) is 28.1 Å². The highest BCUT2D eigenvalue weighted by Crippen LogP contribution is 2.25. The largest absolute Gasteiger partial charge is 0.335 e. The molecule has 1 amide bonds. The van der Waals surface area contributed by atoms with E-state index in [1.54, 1.807) is 0 Å². The molecule has 24 heavy (non-hydrogen) atoms. The topological polar surface area (TPSA) is 85.8 Å². The molecule has 0 atom stereocenters. The van der Waals surface area contributed by atoms with Gasteiger partial charge in [0.2, 0.25) is 11.1 Å². The number of nitrogens with zero attached hydrogens (tertiary/aromatic N) is 3. The van der Waals surface area contributed by atoms with Crippen LogP contribution in [0.15, 0.2) is 40.9 Å². The van der Waals surface area contributed by atoms with Crippen LogP contribution < -0.4 is 11.2 Å². The lowest BCUT2D eigenvalue weighted by Gasteiger charge is -2.06. The lowest BCUT2D eigenvalue weighted by Crippen LogP contribution is -2.17. The first-order valence-electron chi connectivity index (χ1n) is 6.66. The molecule has 3 rings (SSSR count). The number of anilines is 1. The number of benzene rings is 1. The van der Waals surface area contributed by atoms with Gasteiger partial charge in [-0.15, -0.1) is 21.5 Å². The molecule has 0 saturated heterocycles. The second-order valence-corrected chi connectivity index (χ2v) is 6.94. The van der Waals surface area contributed by atoms with Crippen LogP contribution in [0.5, 0.6) is 0 Å². The van der Waals surface area contributed by atoms with E-state index in [0.717, 1.165) is 22.7 Å². The Hall–Kier alpha value is -2.10. The van der Waals surface area contributed by atoms with Crippen molar-refractivity contribution in [2.75, 3.05) is 16.9 Å². The van der Waals surface area contributed by atoms with Crippen LogP contribution in [-0.4, -0.2) is 26.5 Å². The number of thiophene rings is 1. The van der Waals surface area contributed by atoms with E-state index < -0.39 is 5.82 Å². The number of aromatic nitrogens is 3. The van der Waals surface area contributed by atoms with Crippen molar-refractivity contribution in [3.05, 3.63) is 46.6 Å². The van der Waals surface area contributed by atoms with Gasteiger partial charge in [-0.25, -0.2) is 9.07 Å². The highest BCUT2D eigenvalue weighted by Gasteiger charge is 2.15. The van der Waals surface area contributed by atoms with Gasteiger partial charge in [-0.05, 0) is 29.6 Å². The van der Waals surface area contributed by atoms with Gasteiger partial charge in [0, 0.05) is 5.02 Å². The van der Waals surface area contributed by atoms with Gasteiger partial charge >= 0.3 is 0 Å². The lowest BCUT2D eigenvalue weighted by molar-refractivity contribution is -0.113. The van der Waals surface area contributed by atoms with Crippen molar-refractivity contribution >= 4 is 46.3 Å². The lowest BCUT2D eigenvalue weighted by atomic mass is 10.3. The first-order chi connectivity index (χ1) is 11.5. The van der Waals surface area contributed by atoms with Crippen molar-refractivity contribution in [2.45, 2.75) is 5.16 Å². The molecule has 0 saturated carbocycles. The highest BCUT2D eigenvalue weighted by molar-refractivity contribution is 7.99. The molecule has 0 fully saturated rings. The maximum absolute atomic E-state index is 13.6. The average Bonchev–Trinajstić information content (AvgIpc) is 3.18. The molecule has 0 unspecified atom stereocenters. The molecule has 3 aromatic rings. The average molecular weight is 384 g/mol. The van der Waals surface area contributed by atoms with E-state index in [-0.39, 0.29) is 22.4 Å². The molecule has 0 spiro atoms. The van der Waals surface area contributed by atoms with Crippen molar-refractivity contribution in [3.8, 4) is 10.7 Å².